The number of anilines is 1. The lowest BCUT2D eigenvalue weighted by atomic mass is 10.1. The van der Waals surface area contributed by atoms with E-state index in [1.54, 1.807) is 13.8 Å². The molecule has 1 aromatic carbocycles. The molecule has 2 N–H and O–H groups in total. The molecule has 1 aromatic heterocycles. The molecule has 0 aliphatic rings. The number of hydrogen-bond acceptors (Lipinski definition) is 11. The van der Waals surface area contributed by atoms with Crippen molar-refractivity contribution in [3.63, 3.8) is 0 Å². The fourth-order valence-corrected chi connectivity index (χ4v) is 3.91. The molecule has 2 rings (SSSR count). The minimum absolute atomic E-state index is 0.0416. The summed E-state index contributed by atoms with van der Waals surface area (Å²) < 4.78 is 31.8. The summed E-state index contributed by atoms with van der Waals surface area (Å²) in [5, 5.41) is 0.0478. The van der Waals surface area contributed by atoms with Crippen LogP contribution in [0.4, 0.5) is 5.00 Å². The van der Waals surface area contributed by atoms with Crippen LogP contribution in [0.2, 0.25) is 0 Å². The normalized spacial score (nSPS) is 10.3. The number of carbonyl (C=O) groups excluding carboxylic acids is 3. The fourth-order valence-electron chi connectivity index (χ4n) is 2.93. The van der Waals surface area contributed by atoms with E-state index in [-0.39, 0.29) is 26.6 Å². The number of ether oxygens (including phenoxy) is 6. The molecule has 1 heterocycles. The first kappa shape index (κ1) is 25.8. The van der Waals surface area contributed by atoms with Crippen LogP contribution in [0.3, 0.4) is 0 Å². The molecule has 0 aliphatic carbocycles. The summed E-state index contributed by atoms with van der Waals surface area (Å²) in [7, 11) is 2.37. The molecule has 0 amide bonds. The van der Waals surface area contributed by atoms with Crippen molar-refractivity contribution in [3.8, 4) is 17.2 Å². The van der Waals surface area contributed by atoms with Crippen molar-refractivity contribution in [2.45, 2.75) is 27.4 Å². The van der Waals surface area contributed by atoms with Gasteiger partial charge in [-0.2, -0.15) is 0 Å². The van der Waals surface area contributed by atoms with Gasteiger partial charge < -0.3 is 34.2 Å². The second-order valence-electron chi connectivity index (χ2n) is 6.31. The summed E-state index contributed by atoms with van der Waals surface area (Å²) in [5.74, 6) is -1.19. The molecule has 0 aliphatic heterocycles. The third kappa shape index (κ3) is 5.86. The third-order valence-corrected chi connectivity index (χ3v) is 5.33. The van der Waals surface area contributed by atoms with E-state index in [2.05, 4.69) is 0 Å². The average Bonchev–Trinajstić information content (AvgIpc) is 3.14. The lowest BCUT2D eigenvalue weighted by molar-refractivity contribution is 0.0451. The molecule has 10 nitrogen and oxygen atoms in total. The Balaban J connectivity index is 2.41. The number of rotatable bonds is 11. The summed E-state index contributed by atoms with van der Waals surface area (Å²) in [6, 6.07) is 2.95. The lowest BCUT2D eigenvalue weighted by Gasteiger charge is -2.17. The van der Waals surface area contributed by atoms with Crippen LogP contribution in [0.25, 0.3) is 0 Å². The van der Waals surface area contributed by atoms with Crippen LogP contribution in [0.15, 0.2) is 12.1 Å². The van der Waals surface area contributed by atoms with Crippen molar-refractivity contribution in [1.29, 1.82) is 0 Å². The zero-order chi connectivity index (χ0) is 24.5. The van der Waals surface area contributed by atoms with Gasteiger partial charge in [-0.05, 0) is 32.9 Å². The summed E-state index contributed by atoms with van der Waals surface area (Å²) >= 11 is 0.845. The Morgan fingerprint density at radius 2 is 1.39 bits per heavy atom. The molecule has 0 atom stereocenters. The number of esters is 3. The Kier molecular flexibility index (Phi) is 9.34. The van der Waals surface area contributed by atoms with E-state index < -0.39 is 24.5 Å². The predicted molar refractivity (Wildman–Crippen MR) is 120 cm³/mol. The molecule has 180 valence electrons. The zero-order valence-corrected chi connectivity index (χ0v) is 20.0. The standard InChI is InChI=1S/C22H27NO9S/c1-6-29-14-9-12(10-15(30-7-2)17(14)31-8-3)20(24)32-11-13-16(21(25)27-4)19(23)33-18(13)22(26)28-5/h9-10H,6-8,11,23H2,1-5H3. The Morgan fingerprint density at radius 3 is 1.88 bits per heavy atom. The maximum Gasteiger partial charge on any atom is 0.348 e. The van der Waals surface area contributed by atoms with Crippen molar-refractivity contribution >= 4 is 34.2 Å². The van der Waals surface area contributed by atoms with E-state index in [0.29, 0.717) is 37.1 Å². The fraction of sp³-hybridized carbons (Fsp3) is 0.409. The third-order valence-electron chi connectivity index (χ3n) is 4.29. The minimum atomic E-state index is -0.761. The van der Waals surface area contributed by atoms with Crippen LogP contribution >= 0.6 is 11.3 Å². The smallest absolute Gasteiger partial charge is 0.348 e. The van der Waals surface area contributed by atoms with E-state index in [0.717, 1.165) is 11.3 Å². The van der Waals surface area contributed by atoms with Gasteiger partial charge in [0.2, 0.25) is 5.75 Å². The summed E-state index contributed by atoms with van der Waals surface area (Å²) in [6.07, 6.45) is 0. The average molecular weight is 482 g/mol. The van der Waals surface area contributed by atoms with Gasteiger partial charge in [-0.1, -0.05) is 0 Å². The first-order chi connectivity index (χ1) is 15.8. The largest absolute Gasteiger partial charge is 0.490 e. The summed E-state index contributed by atoms with van der Waals surface area (Å²) in [5.41, 5.74) is 6.09. The number of thiophene rings is 1. The van der Waals surface area contributed by atoms with E-state index >= 15 is 0 Å². The van der Waals surface area contributed by atoms with E-state index in [4.69, 9.17) is 34.2 Å². The van der Waals surface area contributed by atoms with Crippen LogP contribution in [0.1, 0.15) is 56.7 Å². The molecule has 0 saturated carbocycles. The van der Waals surface area contributed by atoms with Gasteiger partial charge in [-0.25, -0.2) is 14.4 Å². The number of nitrogens with two attached hydrogens (primary N) is 1. The number of methoxy groups -OCH3 is 2. The predicted octanol–water partition coefficient (Wildman–Crippen LogP) is 3.46. The van der Waals surface area contributed by atoms with Crippen molar-refractivity contribution in [2.75, 3.05) is 39.8 Å². The van der Waals surface area contributed by atoms with Gasteiger partial charge in [0, 0.05) is 5.56 Å². The molecule has 0 unspecified atom stereocenters. The first-order valence-corrected chi connectivity index (χ1v) is 11.0. The van der Waals surface area contributed by atoms with Gasteiger partial charge in [0.15, 0.2) is 11.5 Å². The molecule has 0 spiro atoms. The molecular weight excluding hydrogens is 454 g/mol. The number of hydrogen-bond donors (Lipinski definition) is 1. The van der Waals surface area contributed by atoms with Crippen LogP contribution in [-0.2, 0) is 20.8 Å². The van der Waals surface area contributed by atoms with Crippen LogP contribution in [0.5, 0.6) is 17.2 Å². The quantitative estimate of drug-likeness (QED) is 0.376. The van der Waals surface area contributed by atoms with Crippen molar-refractivity contribution in [1.82, 2.24) is 0 Å². The highest BCUT2D eigenvalue weighted by atomic mass is 32.1. The monoisotopic (exact) mass is 481 g/mol. The SMILES string of the molecule is CCOc1cc(C(=O)OCc2c(C(=O)OC)sc(N)c2C(=O)OC)cc(OCC)c1OCC. The Hall–Kier alpha value is -3.47. The topological polar surface area (TPSA) is 133 Å². The molecular formula is C22H27NO9S. The van der Waals surface area contributed by atoms with Crippen LogP contribution in [-0.4, -0.2) is 51.9 Å². The number of benzene rings is 1. The van der Waals surface area contributed by atoms with Crippen molar-refractivity contribution in [2.24, 2.45) is 0 Å². The highest BCUT2D eigenvalue weighted by molar-refractivity contribution is 7.18. The van der Waals surface area contributed by atoms with Crippen molar-refractivity contribution in [3.05, 3.63) is 33.7 Å². The van der Waals surface area contributed by atoms with Crippen LogP contribution in [0, 0.1) is 0 Å². The van der Waals surface area contributed by atoms with Gasteiger partial charge in [0.25, 0.3) is 0 Å². The summed E-state index contributed by atoms with van der Waals surface area (Å²) in [6.45, 7) is 6.04. The van der Waals surface area contributed by atoms with E-state index in [1.165, 1.54) is 26.4 Å². The highest BCUT2D eigenvalue weighted by Gasteiger charge is 2.28. The molecule has 0 radical (unpaired) electrons. The first-order valence-electron chi connectivity index (χ1n) is 10.1. The maximum absolute atomic E-state index is 12.9. The van der Waals surface area contributed by atoms with Gasteiger partial charge in [0.1, 0.15) is 22.0 Å². The Labute approximate surface area is 195 Å². The molecule has 33 heavy (non-hydrogen) atoms. The molecule has 11 heteroatoms. The van der Waals surface area contributed by atoms with Crippen LogP contribution < -0.4 is 19.9 Å². The van der Waals surface area contributed by atoms with Crippen molar-refractivity contribution < 1.29 is 42.8 Å². The number of carbonyl (C=O) groups is 3. The van der Waals surface area contributed by atoms with Gasteiger partial charge in [-0.3, -0.25) is 0 Å². The minimum Gasteiger partial charge on any atom is -0.490 e. The zero-order valence-electron chi connectivity index (χ0n) is 19.1. The number of nitrogen functional groups attached to an aromatic ring is 1. The second kappa shape index (κ2) is 12.0. The van der Waals surface area contributed by atoms with Gasteiger partial charge >= 0.3 is 17.9 Å². The van der Waals surface area contributed by atoms with Gasteiger partial charge in [0.05, 0.1) is 39.6 Å². The molecule has 0 saturated heterocycles. The molecule has 0 bridgehead atoms. The van der Waals surface area contributed by atoms with E-state index in [1.807, 2.05) is 6.92 Å². The maximum atomic E-state index is 12.9. The highest BCUT2D eigenvalue weighted by Crippen LogP contribution is 2.39. The Bertz CT molecular complexity index is 989. The lowest BCUT2D eigenvalue weighted by Crippen LogP contribution is -2.13. The summed E-state index contributed by atoms with van der Waals surface area (Å²) in [4.78, 5) is 37.3. The Morgan fingerprint density at radius 1 is 0.848 bits per heavy atom. The molecule has 2 aromatic rings. The molecule has 0 fully saturated rings. The van der Waals surface area contributed by atoms with Gasteiger partial charge in [-0.15, -0.1) is 11.3 Å². The second-order valence-corrected chi connectivity index (χ2v) is 7.36. The van der Waals surface area contributed by atoms with E-state index in [9.17, 15) is 14.4 Å².